The highest BCUT2D eigenvalue weighted by atomic mass is 79.9. The molecule has 0 aromatic carbocycles. The van der Waals surface area contributed by atoms with Gasteiger partial charge in [-0.25, -0.2) is 4.98 Å². The zero-order valence-electron chi connectivity index (χ0n) is 8.16. The van der Waals surface area contributed by atoms with Crippen LogP contribution in [0.5, 0.6) is 0 Å². The predicted molar refractivity (Wildman–Crippen MR) is 58.7 cm³/mol. The molecule has 2 rings (SSSR count). The van der Waals surface area contributed by atoms with Crippen molar-refractivity contribution in [3.05, 3.63) is 22.4 Å². The summed E-state index contributed by atoms with van der Waals surface area (Å²) in [5, 5.41) is 0. The molecule has 0 spiro atoms. The van der Waals surface area contributed by atoms with Crippen molar-refractivity contribution in [3.8, 4) is 0 Å². The molecule has 2 heterocycles. The quantitative estimate of drug-likeness (QED) is 0.573. The summed E-state index contributed by atoms with van der Waals surface area (Å²) < 4.78 is 0.724. The van der Waals surface area contributed by atoms with Crippen molar-refractivity contribution in [2.75, 3.05) is 11.4 Å². The van der Waals surface area contributed by atoms with Crippen LogP contribution in [0.3, 0.4) is 0 Å². The van der Waals surface area contributed by atoms with E-state index in [1.54, 1.807) is 12.1 Å². The van der Waals surface area contributed by atoms with Crippen LogP contribution >= 0.6 is 15.9 Å². The van der Waals surface area contributed by atoms with Gasteiger partial charge in [0.05, 0.1) is 24.3 Å². The fourth-order valence-electron chi connectivity index (χ4n) is 1.61. The predicted octanol–water partition coefficient (Wildman–Crippen LogP) is 1.46. The van der Waals surface area contributed by atoms with E-state index >= 15 is 0 Å². The zero-order chi connectivity index (χ0) is 11.0. The molecule has 1 aliphatic heterocycles. The highest BCUT2D eigenvalue weighted by Crippen LogP contribution is 2.24. The molecule has 1 fully saturated rings. The topological polar surface area (TPSA) is 50.3 Å². The second-order valence-corrected chi connectivity index (χ2v) is 4.25. The number of rotatable bonds is 1. The van der Waals surface area contributed by atoms with Gasteiger partial charge in [0.1, 0.15) is 4.60 Å². The minimum Gasteiger partial charge on any atom is -0.303 e. The van der Waals surface area contributed by atoms with Crippen molar-refractivity contribution in [2.45, 2.75) is 13.3 Å². The van der Waals surface area contributed by atoms with Crippen LogP contribution in [0.4, 0.5) is 5.69 Å². The lowest BCUT2D eigenvalue weighted by Crippen LogP contribution is -2.25. The number of pyridine rings is 1. The molecular formula is C10H9BrN2O2. The molecule has 0 unspecified atom stereocenters. The van der Waals surface area contributed by atoms with E-state index in [0.29, 0.717) is 5.69 Å². The summed E-state index contributed by atoms with van der Waals surface area (Å²) in [6.07, 6.45) is 0.00943. The third-order valence-electron chi connectivity index (χ3n) is 2.30. The summed E-state index contributed by atoms with van der Waals surface area (Å²) in [7, 11) is 0. The van der Waals surface area contributed by atoms with E-state index in [1.165, 1.54) is 4.90 Å². The first-order valence-electron chi connectivity index (χ1n) is 4.53. The first-order valence-corrected chi connectivity index (χ1v) is 5.32. The first-order chi connectivity index (χ1) is 7.08. The smallest absolute Gasteiger partial charge is 0.234 e. The second kappa shape index (κ2) is 3.73. The molecule has 1 saturated heterocycles. The van der Waals surface area contributed by atoms with Crippen LogP contribution in [-0.4, -0.2) is 23.2 Å². The van der Waals surface area contributed by atoms with E-state index in [-0.39, 0.29) is 24.7 Å². The zero-order valence-corrected chi connectivity index (χ0v) is 9.74. The van der Waals surface area contributed by atoms with Gasteiger partial charge in [0.25, 0.3) is 0 Å². The lowest BCUT2D eigenvalue weighted by Gasteiger charge is -2.16. The summed E-state index contributed by atoms with van der Waals surface area (Å²) in [6, 6.07) is 3.56. The Labute approximate surface area is 95.4 Å². The molecular weight excluding hydrogens is 260 g/mol. The maximum atomic E-state index is 11.5. The SMILES string of the molecule is Cc1nc(Br)ccc1N1CC(=O)CC1=O. The third-order valence-corrected chi connectivity index (χ3v) is 2.74. The monoisotopic (exact) mass is 268 g/mol. The molecule has 1 aromatic rings. The van der Waals surface area contributed by atoms with Crippen LogP contribution in [0, 0.1) is 6.92 Å². The van der Waals surface area contributed by atoms with Crippen molar-refractivity contribution in [3.63, 3.8) is 0 Å². The fraction of sp³-hybridized carbons (Fsp3) is 0.300. The minimum absolute atomic E-state index is 0.00943. The molecule has 1 aromatic heterocycles. The second-order valence-electron chi connectivity index (χ2n) is 3.43. The highest BCUT2D eigenvalue weighted by molar-refractivity contribution is 9.10. The molecule has 1 amide bonds. The normalized spacial score (nSPS) is 16.3. The van der Waals surface area contributed by atoms with Gasteiger partial charge in [-0.2, -0.15) is 0 Å². The van der Waals surface area contributed by atoms with Crippen molar-refractivity contribution < 1.29 is 9.59 Å². The Bertz CT molecular complexity index is 445. The number of anilines is 1. The Kier molecular flexibility index (Phi) is 2.56. The van der Waals surface area contributed by atoms with Crippen LogP contribution in [0.25, 0.3) is 0 Å². The highest BCUT2D eigenvalue weighted by Gasteiger charge is 2.29. The number of carbonyl (C=O) groups excluding carboxylic acids is 2. The molecule has 1 aliphatic rings. The third kappa shape index (κ3) is 1.92. The number of hydrogen-bond donors (Lipinski definition) is 0. The number of carbonyl (C=O) groups is 2. The maximum Gasteiger partial charge on any atom is 0.234 e. The van der Waals surface area contributed by atoms with Crippen molar-refractivity contribution in [1.82, 2.24) is 4.98 Å². The summed E-state index contributed by atoms with van der Waals surface area (Å²) in [5.74, 6) is -0.186. The Balaban J connectivity index is 2.38. The summed E-state index contributed by atoms with van der Waals surface area (Å²) in [5.41, 5.74) is 1.46. The lowest BCUT2D eigenvalue weighted by atomic mass is 10.3. The molecule has 78 valence electrons. The van der Waals surface area contributed by atoms with E-state index in [4.69, 9.17) is 0 Å². The number of Topliss-reactive ketones (excluding diaryl/α,β-unsaturated/α-hetero) is 1. The standard InChI is InChI=1S/C10H9BrN2O2/c1-6-8(2-3-9(11)12-6)13-5-7(14)4-10(13)15/h2-3H,4-5H2,1H3. The molecule has 4 nitrogen and oxygen atoms in total. The van der Waals surface area contributed by atoms with Crippen LogP contribution in [0.2, 0.25) is 0 Å². The van der Waals surface area contributed by atoms with Gasteiger partial charge in [0, 0.05) is 0 Å². The number of aromatic nitrogens is 1. The molecule has 0 N–H and O–H groups in total. The number of halogens is 1. The number of nitrogens with zero attached hydrogens (tertiary/aromatic N) is 2. The first kappa shape index (κ1) is 10.3. The minimum atomic E-state index is -0.146. The van der Waals surface area contributed by atoms with E-state index in [1.807, 2.05) is 6.92 Å². The molecule has 0 bridgehead atoms. The Morgan fingerprint density at radius 3 is 2.67 bits per heavy atom. The van der Waals surface area contributed by atoms with Crippen molar-refractivity contribution in [2.24, 2.45) is 0 Å². The summed E-state index contributed by atoms with van der Waals surface area (Å²) in [4.78, 5) is 28.3. The van der Waals surface area contributed by atoms with E-state index in [2.05, 4.69) is 20.9 Å². The summed E-state index contributed by atoms with van der Waals surface area (Å²) in [6.45, 7) is 1.99. The number of hydrogen-bond acceptors (Lipinski definition) is 3. The number of aryl methyl sites for hydroxylation is 1. The van der Waals surface area contributed by atoms with Crippen LogP contribution < -0.4 is 4.90 Å². The van der Waals surface area contributed by atoms with Gasteiger partial charge in [-0.05, 0) is 35.0 Å². The molecule has 0 atom stereocenters. The van der Waals surface area contributed by atoms with Crippen LogP contribution in [0.15, 0.2) is 16.7 Å². The van der Waals surface area contributed by atoms with Gasteiger partial charge < -0.3 is 4.90 Å². The van der Waals surface area contributed by atoms with Gasteiger partial charge in [-0.1, -0.05) is 0 Å². The van der Waals surface area contributed by atoms with Gasteiger partial charge in [-0.15, -0.1) is 0 Å². The fourth-order valence-corrected chi connectivity index (χ4v) is 2.01. The Hall–Kier alpha value is -1.23. The van der Waals surface area contributed by atoms with E-state index < -0.39 is 0 Å². The average molecular weight is 269 g/mol. The van der Waals surface area contributed by atoms with Gasteiger partial charge in [0.15, 0.2) is 5.78 Å². The van der Waals surface area contributed by atoms with Gasteiger partial charge >= 0.3 is 0 Å². The molecule has 0 saturated carbocycles. The van der Waals surface area contributed by atoms with Gasteiger partial charge in [0.2, 0.25) is 5.91 Å². The molecule has 5 heteroatoms. The van der Waals surface area contributed by atoms with Crippen LogP contribution in [-0.2, 0) is 9.59 Å². The van der Waals surface area contributed by atoms with E-state index in [9.17, 15) is 9.59 Å². The Morgan fingerprint density at radius 2 is 2.13 bits per heavy atom. The van der Waals surface area contributed by atoms with Gasteiger partial charge in [-0.3, -0.25) is 9.59 Å². The number of amides is 1. The summed E-state index contributed by atoms with van der Waals surface area (Å²) >= 11 is 3.25. The van der Waals surface area contributed by atoms with Crippen molar-refractivity contribution >= 4 is 33.3 Å². The van der Waals surface area contributed by atoms with Crippen molar-refractivity contribution in [1.29, 1.82) is 0 Å². The molecule has 0 aliphatic carbocycles. The maximum absolute atomic E-state index is 11.5. The largest absolute Gasteiger partial charge is 0.303 e. The average Bonchev–Trinajstić information content (AvgIpc) is 2.45. The lowest BCUT2D eigenvalue weighted by molar-refractivity contribution is -0.121. The number of ketones is 1. The van der Waals surface area contributed by atoms with Crippen LogP contribution in [0.1, 0.15) is 12.1 Å². The molecule has 15 heavy (non-hydrogen) atoms. The molecule has 0 radical (unpaired) electrons. The van der Waals surface area contributed by atoms with E-state index in [0.717, 1.165) is 10.3 Å². The Morgan fingerprint density at radius 1 is 1.40 bits per heavy atom.